The van der Waals surface area contributed by atoms with Crippen molar-refractivity contribution in [3.63, 3.8) is 0 Å². The largest absolute Gasteiger partial charge is 0.383 e. The van der Waals surface area contributed by atoms with Crippen LogP contribution in [0.2, 0.25) is 0 Å². The van der Waals surface area contributed by atoms with Crippen LogP contribution in [0.15, 0.2) is 11.8 Å². The van der Waals surface area contributed by atoms with Crippen LogP contribution in [0.4, 0.5) is 0 Å². The maximum atomic E-state index is 12.6. The van der Waals surface area contributed by atoms with Gasteiger partial charge in [-0.2, -0.15) is 0 Å². The highest BCUT2D eigenvalue weighted by Gasteiger charge is 2.25. The Balaban J connectivity index is 1.85. The Morgan fingerprint density at radius 3 is 2.70 bits per heavy atom. The summed E-state index contributed by atoms with van der Waals surface area (Å²) in [6.07, 6.45) is 8.61. The number of ether oxygens (including phenoxy) is 1. The average Bonchev–Trinajstić information content (AvgIpc) is 3.32. The smallest absolute Gasteiger partial charge is 0.240 e. The standard InChI is InChI=1S/C17H29N3O3/c1-19(12-16(21)18-14-8-9-14)13-17(22)20(10-11-23-2)15-6-4-3-5-7-15/h6,14H,3-5,7-13H2,1-2H3,(H,18,21). The lowest BCUT2D eigenvalue weighted by atomic mass is 10.0. The monoisotopic (exact) mass is 323 g/mol. The number of carbonyl (C=O) groups is 2. The maximum Gasteiger partial charge on any atom is 0.240 e. The zero-order valence-electron chi connectivity index (χ0n) is 14.3. The molecule has 2 rings (SSSR count). The van der Waals surface area contributed by atoms with E-state index < -0.39 is 0 Å². The first-order valence-corrected chi connectivity index (χ1v) is 8.56. The van der Waals surface area contributed by atoms with Gasteiger partial charge in [-0.25, -0.2) is 0 Å². The summed E-state index contributed by atoms with van der Waals surface area (Å²) < 4.78 is 5.13. The predicted molar refractivity (Wildman–Crippen MR) is 88.8 cm³/mol. The fraction of sp³-hybridized carbons (Fsp3) is 0.765. The van der Waals surface area contributed by atoms with Crippen LogP contribution < -0.4 is 5.32 Å². The Hall–Kier alpha value is -1.40. The lowest BCUT2D eigenvalue weighted by Crippen LogP contribution is -2.43. The van der Waals surface area contributed by atoms with Crippen LogP contribution in [-0.2, 0) is 14.3 Å². The number of nitrogens with one attached hydrogen (secondary N) is 1. The summed E-state index contributed by atoms with van der Waals surface area (Å²) in [6, 6.07) is 0.359. The van der Waals surface area contributed by atoms with E-state index in [1.54, 1.807) is 12.0 Å². The number of rotatable bonds is 9. The van der Waals surface area contributed by atoms with Crippen molar-refractivity contribution < 1.29 is 14.3 Å². The molecule has 6 heteroatoms. The number of allylic oxidation sites excluding steroid dienone is 2. The molecule has 0 spiro atoms. The first kappa shape index (κ1) is 17.9. The molecule has 0 aliphatic heterocycles. The molecule has 6 nitrogen and oxygen atoms in total. The molecule has 2 amide bonds. The molecule has 1 fully saturated rings. The molecule has 0 aromatic heterocycles. The molecular formula is C17H29N3O3. The molecule has 130 valence electrons. The molecule has 0 saturated heterocycles. The van der Waals surface area contributed by atoms with Crippen LogP contribution in [0.1, 0.15) is 38.5 Å². The van der Waals surface area contributed by atoms with Gasteiger partial charge < -0.3 is 15.0 Å². The predicted octanol–water partition coefficient (Wildman–Crippen LogP) is 1.13. The third-order valence-corrected chi connectivity index (χ3v) is 4.19. The van der Waals surface area contributed by atoms with Crippen molar-refractivity contribution in [3.8, 4) is 0 Å². The van der Waals surface area contributed by atoms with Crippen molar-refractivity contribution in [3.05, 3.63) is 11.8 Å². The van der Waals surface area contributed by atoms with Gasteiger partial charge in [-0.1, -0.05) is 6.08 Å². The van der Waals surface area contributed by atoms with E-state index in [1.165, 1.54) is 6.42 Å². The highest BCUT2D eigenvalue weighted by molar-refractivity contribution is 5.82. The summed E-state index contributed by atoms with van der Waals surface area (Å²) in [5, 5.41) is 2.95. The number of likely N-dealkylation sites (N-methyl/N-ethyl adjacent to an activating group) is 1. The lowest BCUT2D eigenvalue weighted by molar-refractivity contribution is -0.131. The normalized spacial score (nSPS) is 17.8. The topological polar surface area (TPSA) is 61.9 Å². The van der Waals surface area contributed by atoms with E-state index in [4.69, 9.17) is 4.74 Å². The second-order valence-electron chi connectivity index (χ2n) is 6.49. The number of methoxy groups -OCH3 is 1. The van der Waals surface area contributed by atoms with Gasteiger partial charge in [0.05, 0.1) is 19.7 Å². The van der Waals surface area contributed by atoms with Gasteiger partial charge in [0.2, 0.25) is 11.8 Å². The molecule has 0 aromatic rings. The van der Waals surface area contributed by atoms with Crippen LogP contribution in [0.25, 0.3) is 0 Å². The molecule has 1 N–H and O–H groups in total. The first-order chi connectivity index (χ1) is 11.1. The summed E-state index contributed by atoms with van der Waals surface area (Å²) in [5.74, 6) is 0.0417. The van der Waals surface area contributed by atoms with Gasteiger partial charge in [0.1, 0.15) is 0 Å². The summed E-state index contributed by atoms with van der Waals surface area (Å²) >= 11 is 0. The van der Waals surface area contributed by atoms with Crippen molar-refractivity contribution >= 4 is 11.8 Å². The number of carbonyl (C=O) groups excluding carboxylic acids is 2. The van der Waals surface area contributed by atoms with Crippen LogP contribution in [0.5, 0.6) is 0 Å². The summed E-state index contributed by atoms with van der Waals surface area (Å²) in [5.41, 5.74) is 1.11. The molecule has 1 saturated carbocycles. The fourth-order valence-electron chi connectivity index (χ4n) is 2.80. The second-order valence-corrected chi connectivity index (χ2v) is 6.49. The average molecular weight is 323 g/mol. The quantitative estimate of drug-likeness (QED) is 0.691. The molecule has 0 atom stereocenters. The molecule has 0 radical (unpaired) electrons. The minimum Gasteiger partial charge on any atom is -0.383 e. The summed E-state index contributed by atoms with van der Waals surface area (Å²) in [4.78, 5) is 28.1. The van der Waals surface area contributed by atoms with Gasteiger partial charge in [-0.3, -0.25) is 14.5 Å². The lowest BCUT2D eigenvalue weighted by Gasteiger charge is -2.29. The van der Waals surface area contributed by atoms with E-state index in [2.05, 4.69) is 11.4 Å². The molecule has 2 aliphatic carbocycles. The van der Waals surface area contributed by atoms with Crippen LogP contribution in [0.3, 0.4) is 0 Å². The van der Waals surface area contributed by atoms with Crippen molar-refractivity contribution in [1.82, 2.24) is 15.1 Å². The van der Waals surface area contributed by atoms with Gasteiger partial charge in [0.15, 0.2) is 0 Å². The minimum absolute atomic E-state index is 0.00289. The second kappa shape index (κ2) is 9.03. The number of hydrogen-bond acceptors (Lipinski definition) is 4. The summed E-state index contributed by atoms with van der Waals surface area (Å²) in [6.45, 7) is 1.61. The third kappa shape index (κ3) is 6.31. The van der Waals surface area contributed by atoms with Gasteiger partial charge in [0.25, 0.3) is 0 Å². The Labute approximate surface area is 138 Å². The Bertz CT molecular complexity index is 446. The summed E-state index contributed by atoms with van der Waals surface area (Å²) in [7, 11) is 3.46. The van der Waals surface area contributed by atoms with E-state index in [1.807, 2.05) is 11.9 Å². The van der Waals surface area contributed by atoms with Gasteiger partial charge in [0, 0.05) is 25.4 Å². The van der Waals surface area contributed by atoms with Crippen LogP contribution in [-0.4, -0.2) is 68.1 Å². The molecular weight excluding hydrogens is 294 g/mol. The SMILES string of the molecule is COCCN(C(=O)CN(C)CC(=O)NC1CC1)C1=CCCCC1. The molecule has 0 aromatic carbocycles. The first-order valence-electron chi connectivity index (χ1n) is 8.56. The van der Waals surface area contributed by atoms with Crippen molar-refractivity contribution in [2.75, 3.05) is 40.4 Å². The number of hydrogen-bond donors (Lipinski definition) is 1. The van der Waals surface area contributed by atoms with Gasteiger partial charge in [-0.15, -0.1) is 0 Å². The van der Waals surface area contributed by atoms with Crippen molar-refractivity contribution in [2.45, 2.75) is 44.6 Å². The highest BCUT2D eigenvalue weighted by atomic mass is 16.5. The van der Waals surface area contributed by atoms with Crippen LogP contribution in [0, 0.1) is 0 Å². The Morgan fingerprint density at radius 2 is 2.09 bits per heavy atom. The molecule has 0 heterocycles. The van der Waals surface area contributed by atoms with Crippen LogP contribution >= 0.6 is 0 Å². The molecule has 23 heavy (non-hydrogen) atoms. The zero-order valence-corrected chi connectivity index (χ0v) is 14.3. The minimum atomic E-state index is 0.00289. The molecule has 0 unspecified atom stereocenters. The molecule has 2 aliphatic rings. The van der Waals surface area contributed by atoms with Crippen molar-refractivity contribution in [1.29, 1.82) is 0 Å². The Kier molecular flexibility index (Phi) is 7.05. The van der Waals surface area contributed by atoms with Crippen molar-refractivity contribution in [2.24, 2.45) is 0 Å². The maximum absolute atomic E-state index is 12.6. The van der Waals surface area contributed by atoms with Gasteiger partial charge in [-0.05, 0) is 45.6 Å². The Morgan fingerprint density at radius 1 is 1.30 bits per heavy atom. The van der Waals surface area contributed by atoms with E-state index in [-0.39, 0.29) is 24.9 Å². The van der Waals surface area contributed by atoms with E-state index in [0.717, 1.165) is 37.8 Å². The van der Waals surface area contributed by atoms with E-state index >= 15 is 0 Å². The van der Waals surface area contributed by atoms with E-state index in [9.17, 15) is 9.59 Å². The number of amides is 2. The van der Waals surface area contributed by atoms with Gasteiger partial charge >= 0.3 is 0 Å². The fourth-order valence-corrected chi connectivity index (χ4v) is 2.80. The number of nitrogens with zero attached hydrogens (tertiary/aromatic N) is 2. The highest BCUT2D eigenvalue weighted by Crippen LogP contribution is 2.21. The zero-order chi connectivity index (χ0) is 16.7. The third-order valence-electron chi connectivity index (χ3n) is 4.19. The molecule has 0 bridgehead atoms. The van der Waals surface area contributed by atoms with E-state index in [0.29, 0.717) is 19.2 Å².